The molecule has 2 heteroatoms. The molecule has 0 radical (unpaired) electrons. The van der Waals surface area contributed by atoms with Gasteiger partial charge in [-0.3, -0.25) is 0 Å². The van der Waals surface area contributed by atoms with E-state index in [1.165, 1.54) is 55.7 Å². The summed E-state index contributed by atoms with van der Waals surface area (Å²) in [5.41, 5.74) is 12.3. The van der Waals surface area contributed by atoms with Crippen molar-refractivity contribution in [3.8, 4) is 22.3 Å². The van der Waals surface area contributed by atoms with E-state index in [9.17, 15) is 0 Å². The molecule has 0 saturated carbocycles. The van der Waals surface area contributed by atoms with Crippen LogP contribution in [0.5, 0.6) is 0 Å². The highest BCUT2D eigenvalue weighted by molar-refractivity contribution is 6.12. The molecule has 1 atom stereocenters. The van der Waals surface area contributed by atoms with E-state index in [-0.39, 0.29) is 5.41 Å². The third-order valence-electron chi connectivity index (χ3n) is 8.34. The molecule has 0 aliphatic heterocycles. The fourth-order valence-electron chi connectivity index (χ4n) is 6.48. The van der Waals surface area contributed by atoms with Gasteiger partial charge in [0.2, 0.25) is 0 Å². The van der Waals surface area contributed by atoms with Crippen LogP contribution in [0.3, 0.4) is 0 Å². The summed E-state index contributed by atoms with van der Waals surface area (Å²) < 4.78 is 6.43. The van der Waals surface area contributed by atoms with Gasteiger partial charge in [-0.15, -0.1) is 0 Å². The lowest BCUT2D eigenvalue weighted by Gasteiger charge is -2.35. The Morgan fingerprint density at radius 3 is 1.67 bits per heavy atom. The molecule has 210 valence electrons. The van der Waals surface area contributed by atoms with Crippen molar-refractivity contribution < 1.29 is 4.74 Å². The van der Waals surface area contributed by atoms with Crippen LogP contribution >= 0.6 is 0 Å². The SMILES string of the molecule is CCOCC1(CNC(C)C)C(c2ccccc2)=C(c2ccccc2)c2c1ccc(-c1ccccc1)c2-c1ccccc1. The Morgan fingerprint density at radius 2 is 1.12 bits per heavy atom. The van der Waals surface area contributed by atoms with Gasteiger partial charge < -0.3 is 10.1 Å². The van der Waals surface area contributed by atoms with E-state index in [0.29, 0.717) is 19.3 Å². The quantitative estimate of drug-likeness (QED) is 0.187. The Morgan fingerprint density at radius 1 is 0.595 bits per heavy atom. The minimum atomic E-state index is -0.388. The molecule has 42 heavy (non-hydrogen) atoms. The molecule has 0 fully saturated rings. The van der Waals surface area contributed by atoms with Gasteiger partial charge in [-0.05, 0) is 62.6 Å². The van der Waals surface area contributed by atoms with Crippen molar-refractivity contribution in [2.45, 2.75) is 32.2 Å². The number of nitrogens with one attached hydrogen (secondary N) is 1. The number of hydrogen-bond acceptors (Lipinski definition) is 2. The van der Waals surface area contributed by atoms with Gasteiger partial charge in [0.05, 0.1) is 12.0 Å². The van der Waals surface area contributed by atoms with Crippen molar-refractivity contribution in [1.82, 2.24) is 5.32 Å². The summed E-state index contributed by atoms with van der Waals surface area (Å²) in [6, 6.07) is 48.6. The van der Waals surface area contributed by atoms with Crippen LogP contribution < -0.4 is 5.32 Å². The Balaban J connectivity index is 1.80. The van der Waals surface area contributed by atoms with Crippen molar-refractivity contribution in [1.29, 1.82) is 0 Å². The molecule has 1 aliphatic rings. The van der Waals surface area contributed by atoms with Crippen LogP contribution in [0.25, 0.3) is 33.4 Å². The normalized spacial score (nSPS) is 16.2. The van der Waals surface area contributed by atoms with Gasteiger partial charge in [-0.1, -0.05) is 147 Å². The Kier molecular flexibility index (Phi) is 8.19. The van der Waals surface area contributed by atoms with E-state index in [2.05, 4.69) is 160 Å². The lowest BCUT2D eigenvalue weighted by atomic mass is 9.74. The van der Waals surface area contributed by atoms with Gasteiger partial charge in [0.25, 0.3) is 0 Å². The maximum Gasteiger partial charge on any atom is 0.0616 e. The highest BCUT2D eigenvalue weighted by Crippen LogP contribution is 2.57. The average Bonchev–Trinajstić information content (AvgIpc) is 3.34. The number of fused-ring (bicyclic) bond motifs is 1. The number of ether oxygens (including phenoxy) is 1. The molecule has 0 amide bonds. The van der Waals surface area contributed by atoms with Crippen molar-refractivity contribution in [2.24, 2.45) is 0 Å². The van der Waals surface area contributed by atoms with Gasteiger partial charge in [0, 0.05) is 19.2 Å². The topological polar surface area (TPSA) is 21.3 Å². The lowest BCUT2D eigenvalue weighted by Crippen LogP contribution is -2.44. The molecule has 0 saturated heterocycles. The first-order valence-corrected chi connectivity index (χ1v) is 15.1. The Bertz CT molecular complexity index is 1660. The fourth-order valence-corrected chi connectivity index (χ4v) is 6.48. The Hall–Kier alpha value is -4.24. The number of rotatable bonds is 10. The standard InChI is InChI=1S/C40H39NO/c1-4-42-28-40(27-41-29(2)3)35-26-25-34(30-17-9-5-10-18-30)36(31-19-11-6-12-20-31)38(35)37(32-21-13-7-14-22-32)39(40)33-23-15-8-16-24-33/h5-26,29,41H,4,27-28H2,1-3H3. The summed E-state index contributed by atoms with van der Waals surface area (Å²) in [5.74, 6) is 0. The smallest absolute Gasteiger partial charge is 0.0616 e. The molecule has 0 aromatic heterocycles. The summed E-state index contributed by atoms with van der Waals surface area (Å²) in [5, 5.41) is 3.84. The second kappa shape index (κ2) is 12.3. The molecule has 5 aromatic rings. The molecular formula is C40H39NO. The van der Waals surface area contributed by atoms with Crippen molar-refractivity contribution >= 4 is 11.1 Å². The lowest BCUT2D eigenvalue weighted by molar-refractivity contribution is 0.112. The molecule has 0 heterocycles. The summed E-state index contributed by atoms with van der Waals surface area (Å²) in [4.78, 5) is 0. The van der Waals surface area contributed by atoms with E-state index in [4.69, 9.17) is 4.74 Å². The van der Waals surface area contributed by atoms with E-state index in [1.54, 1.807) is 0 Å². The van der Waals surface area contributed by atoms with Crippen LogP contribution in [-0.2, 0) is 10.2 Å². The van der Waals surface area contributed by atoms with Crippen LogP contribution in [0.4, 0.5) is 0 Å². The molecule has 1 N–H and O–H groups in total. The minimum absolute atomic E-state index is 0.335. The molecule has 1 aliphatic carbocycles. The second-order valence-corrected chi connectivity index (χ2v) is 11.4. The van der Waals surface area contributed by atoms with E-state index in [1.807, 2.05) is 0 Å². The monoisotopic (exact) mass is 549 g/mol. The maximum absolute atomic E-state index is 6.43. The van der Waals surface area contributed by atoms with Gasteiger partial charge in [0.15, 0.2) is 0 Å². The molecule has 5 aromatic carbocycles. The molecule has 0 spiro atoms. The second-order valence-electron chi connectivity index (χ2n) is 11.4. The van der Waals surface area contributed by atoms with Gasteiger partial charge >= 0.3 is 0 Å². The molecule has 6 rings (SSSR count). The first-order chi connectivity index (χ1) is 20.6. The van der Waals surface area contributed by atoms with Gasteiger partial charge in [0.1, 0.15) is 0 Å². The molecule has 2 nitrogen and oxygen atoms in total. The van der Waals surface area contributed by atoms with Crippen LogP contribution in [0.2, 0.25) is 0 Å². The zero-order chi connectivity index (χ0) is 28.9. The van der Waals surface area contributed by atoms with Crippen molar-refractivity contribution in [3.63, 3.8) is 0 Å². The van der Waals surface area contributed by atoms with Crippen LogP contribution in [-0.4, -0.2) is 25.8 Å². The van der Waals surface area contributed by atoms with Crippen LogP contribution in [0, 0.1) is 0 Å². The average molecular weight is 550 g/mol. The summed E-state index contributed by atoms with van der Waals surface area (Å²) in [7, 11) is 0. The largest absolute Gasteiger partial charge is 0.380 e. The Labute approximate surface area is 250 Å². The third-order valence-corrected chi connectivity index (χ3v) is 8.34. The van der Waals surface area contributed by atoms with E-state index < -0.39 is 0 Å². The highest BCUT2D eigenvalue weighted by Gasteiger charge is 2.47. The zero-order valence-corrected chi connectivity index (χ0v) is 24.8. The molecular weight excluding hydrogens is 510 g/mol. The van der Waals surface area contributed by atoms with Crippen LogP contribution in [0.1, 0.15) is 43.0 Å². The zero-order valence-electron chi connectivity index (χ0n) is 24.8. The van der Waals surface area contributed by atoms with E-state index >= 15 is 0 Å². The maximum atomic E-state index is 6.43. The summed E-state index contributed by atoms with van der Waals surface area (Å²) >= 11 is 0. The first kappa shape index (κ1) is 27.9. The minimum Gasteiger partial charge on any atom is -0.380 e. The summed E-state index contributed by atoms with van der Waals surface area (Å²) in [6.07, 6.45) is 0. The predicted octanol–water partition coefficient (Wildman–Crippen LogP) is 9.27. The van der Waals surface area contributed by atoms with Crippen LogP contribution in [0.15, 0.2) is 133 Å². The number of hydrogen-bond donors (Lipinski definition) is 1. The van der Waals surface area contributed by atoms with Gasteiger partial charge in [-0.2, -0.15) is 0 Å². The number of benzene rings is 5. The highest BCUT2D eigenvalue weighted by atomic mass is 16.5. The summed E-state index contributed by atoms with van der Waals surface area (Å²) in [6.45, 7) is 8.57. The molecule has 1 unspecified atom stereocenters. The third kappa shape index (κ3) is 5.13. The first-order valence-electron chi connectivity index (χ1n) is 15.1. The van der Waals surface area contributed by atoms with Crippen molar-refractivity contribution in [3.05, 3.63) is 156 Å². The fraction of sp³-hybridized carbons (Fsp3) is 0.200. The predicted molar refractivity (Wildman–Crippen MR) is 177 cm³/mol. The van der Waals surface area contributed by atoms with E-state index in [0.717, 1.165) is 6.54 Å². The van der Waals surface area contributed by atoms with Crippen molar-refractivity contribution in [2.75, 3.05) is 19.8 Å². The van der Waals surface area contributed by atoms with Gasteiger partial charge in [-0.25, -0.2) is 0 Å². The molecule has 0 bridgehead atoms.